The van der Waals surface area contributed by atoms with E-state index in [-0.39, 0.29) is 0 Å². The molecular weight excluding hydrogens is 246 g/mol. The number of aryl methyl sites for hydroxylation is 1. The first kappa shape index (κ1) is 10.3. The van der Waals surface area contributed by atoms with Crippen LogP contribution in [0.15, 0.2) is 46.9 Å². The van der Waals surface area contributed by atoms with E-state index in [9.17, 15) is 0 Å². The van der Waals surface area contributed by atoms with Crippen molar-refractivity contribution in [2.45, 2.75) is 12.8 Å². The van der Waals surface area contributed by atoms with Crippen LogP contribution in [0.1, 0.15) is 17.7 Å². The Kier molecular flexibility index (Phi) is 1.83. The summed E-state index contributed by atoms with van der Waals surface area (Å²) in [6, 6.07) is 12.8. The van der Waals surface area contributed by atoms with Gasteiger partial charge in [-0.2, -0.15) is 0 Å². The zero-order chi connectivity index (χ0) is 13.1. The quantitative estimate of drug-likeness (QED) is 0.471. The summed E-state index contributed by atoms with van der Waals surface area (Å²) in [7, 11) is 0. The zero-order valence-corrected chi connectivity index (χ0v) is 10.9. The SMILES string of the molecule is C1=Cc2oc3c(ccc4c5ccccc5[nH]c43)c2CC1. The average Bonchev–Trinajstić information content (AvgIpc) is 3.05. The zero-order valence-electron chi connectivity index (χ0n) is 10.9. The first-order valence-electron chi connectivity index (χ1n) is 7.03. The van der Waals surface area contributed by atoms with Crippen LogP contribution in [0.2, 0.25) is 0 Å². The highest BCUT2D eigenvalue weighted by Gasteiger charge is 2.17. The Morgan fingerprint density at radius 2 is 1.85 bits per heavy atom. The molecule has 0 saturated carbocycles. The Bertz CT molecular complexity index is 1000. The molecular formula is C18H13NO. The minimum atomic E-state index is 0.996. The van der Waals surface area contributed by atoms with Crippen LogP contribution < -0.4 is 0 Å². The number of fused-ring (bicyclic) bond motifs is 7. The summed E-state index contributed by atoms with van der Waals surface area (Å²) in [6.07, 6.45) is 6.47. The lowest BCUT2D eigenvalue weighted by Crippen LogP contribution is -1.88. The molecule has 1 aliphatic rings. The number of furan rings is 1. The van der Waals surface area contributed by atoms with Gasteiger partial charge >= 0.3 is 0 Å². The number of aromatic amines is 1. The second-order valence-corrected chi connectivity index (χ2v) is 5.42. The molecule has 4 aromatic rings. The number of nitrogens with one attached hydrogen (secondary N) is 1. The largest absolute Gasteiger partial charge is 0.454 e. The average molecular weight is 259 g/mol. The molecule has 2 aromatic heterocycles. The molecule has 0 aliphatic heterocycles. The van der Waals surface area contributed by atoms with Crippen LogP contribution in [-0.4, -0.2) is 4.98 Å². The van der Waals surface area contributed by atoms with E-state index in [1.165, 1.54) is 27.2 Å². The molecule has 20 heavy (non-hydrogen) atoms. The molecule has 0 fully saturated rings. The van der Waals surface area contributed by atoms with E-state index < -0.39 is 0 Å². The monoisotopic (exact) mass is 259 g/mol. The number of benzene rings is 2. The topological polar surface area (TPSA) is 28.9 Å². The van der Waals surface area contributed by atoms with Crippen molar-refractivity contribution in [2.24, 2.45) is 0 Å². The van der Waals surface area contributed by atoms with Gasteiger partial charge in [-0.05, 0) is 25.0 Å². The number of rotatable bonds is 0. The molecule has 2 heteroatoms. The van der Waals surface area contributed by atoms with Crippen molar-refractivity contribution in [3.05, 3.63) is 53.8 Å². The first-order valence-corrected chi connectivity index (χ1v) is 7.03. The smallest absolute Gasteiger partial charge is 0.159 e. The molecule has 0 amide bonds. The molecule has 2 nitrogen and oxygen atoms in total. The van der Waals surface area contributed by atoms with Crippen molar-refractivity contribution in [1.29, 1.82) is 0 Å². The van der Waals surface area contributed by atoms with Gasteiger partial charge in [0.25, 0.3) is 0 Å². The maximum Gasteiger partial charge on any atom is 0.159 e. The molecule has 0 bridgehead atoms. The standard InChI is InChI=1S/C18H13NO/c1-3-7-15-11(5-1)13-9-10-14-12-6-2-4-8-16(12)20-18(14)17(13)19-15/h1,3-5,7-10,19H,2,6H2. The number of hydrogen-bond acceptors (Lipinski definition) is 1. The number of para-hydroxylation sites is 1. The van der Waals surface area contributed by atoms with Crippen LogP contribution in [0, 0.1) is 0 Å². The molecule has 0 saturated heterocycles. The van der Waals surface area contributed by atoms with Crippen molar-refractivity contribution in [2.75, 3.05) is 0 Å². The van der Waals surface area contributed by atoms with Crippen LogP contribution in [-0.2, 0) is 6.42 Å². The summed E-state index contributed by atoms with van der Waals surface area (Å²) < 4.78 is 6.12. The molecule has 2 aromatic carbocycles. The fourth-order valence-corrected chi connectivity index (χ4v) is 3.35. The Balaban J connectivity index is 2.01. The molecule has 1 aliphatic carbocycles. The third-order valence-electron chi connectivity index (χ3n) is 4.30. The van der Waals surface area contributed by atoms with Gasteiger partial charge in [-0.25, -0.2) is 0 Å². The molecule has 0 atom stereocenters. The minimum Gasteiger partial charge on any atom is -0.454 e. The Morgan fingerprint density at radius 1 is 0.950 bits per heavy atom. The number of H-pyrrole nitrogens is 1. The van der Waals surface area contributed by atoms with Crippen LogP contribution in [0.3, 0.4) is 0 Å². The molecule has 0 unspecified atom stereocenters. The van der Waals surface area contributed by atoms with Gasteiger partial charge in [0.2, 0.25) is 0 Å². The van der Waals surface area contributed by atoms with E-state index in [4.69, 9.17) is 4.42 Å². The summed E-state index contributed by atoms with van der Waals surface area (Å²) in [5, 5.41) is 3.75. The summed E-state index contributed by atoms with van der Waals surface area (Å²) in [6.45, 7) is 0. The van der Waals surface area contributed by atoms with Gasteiger partial charge in [-0.1, -0.05) is 36.4 Å². The minimum absolute atomic E-state index is 0.996. The normalized spacial score (nSPS) is 14.4. The van der Waals surface area contributed by atoms with Crippen LogP contribution in [0.25, 0.3) is 38.9 Å². The first-order chi connectivity index (χ1) is 9.92. The van der Waals surface area contributed by atoms with Gasteiger partial charge in [0.15, 0.2) is 5.58 Å². The Morgan fingerprint density at radius 3 is 2.85 bits per heavy atom. The Hall–Kier alpha value is -2.48. The molecule has 0 spiro atoms. The lowest BCUT2D eigenvalue weighted by Gasteiger charge is -2.01. The van der Waals surface area contributed by atoms with Crippen molar-refractivity contribution >= 4 is 38.9 Å². The number of allylic oxidation sites excluding steroid dienone is 1. The summed E-state index contributed by atoms with van der Waals surface area (Å²) in [4.78, 5) is 3.51. The molecule has 1 N–H and O–H groups in total. The second kappa shape index (κ2) is 3.54. The van der Waals surface area contributed by atoms with E-state index in [0.29, 0.717) is 0 Å². The van der Waals surface area contributed by atoms with Crippen molar-refractivity contribution in [3.8, 4) is 0 Å². The summed E-state index contributed by atoms with van der Waals surface area (Å²) >= 11 is 0. The molecule has 96 valence electrons. The lowest BCUT2D eigenvalue weighted by atomic mass is 10.0. The maximum absolute atomic E-state index is 6.12. The van der Waals surface area contributed by atoms with Crippen LogP contribution in [0.4, 0.5) is 0 Å². The maximum atomic E-state index is 6.12. The van der Waals surface area contributed by atoms with Gasteiger partial charge in [0.1, 0.15) is 5.76 Å². The van der Waals surface area contributed by atoms with Crippen LogP contribution in [0.5, 0.6) is 0 Å². The van der Waals surface area contributed by atoms with E-state index >= 15 is 0 Å². The van der Waals surface area contributed by atoms with E-state index in [0.717, 1.165) is 29.7 Å². The predicted octanol–water partition coefficient (Wildman–Crippen LogP) is 5.03. The van der Waals surface area contributed by atoms with E-state index in [1.807, 2.05) is 0 Å². The van der Waals surface area contributed by atoms with Gasteiger partial charge in [-0.15, -0.1) is 0 Å². The summed E-state index contributed by atoms with van der Waals surface area (Å²) in [5.41, 5.74) is 4.63. The lowest BCUT2D eigenvalue weighted by molar-refractivity contribution is 0.598. The van der Waals surface area contributed by atoms with Gasteiger partial charge in [0.05, 0.1) is 5.52 Å². The molecule has 0 radical (unpaired) electrons. The highest BCUT2D eigenvalue weighted by atomic mass is 16.3. The van der Waals surface area contributed by atoms with Gasteiger partial charge in [-0.3, -0.25) is 0 Å². The van der Waals surface area contributed by atoms with Crippen LogP contribution >= 0.6 is 0 Å². The number of aromatic nitrogens is 1. The van der Waals surface area contributed by atoms with Crippen molar-refractivity contribution in [1.82, 2.24) is 4.98 Å². The summed E-state index contributed by atoms with van der Waals surface area (Å²) in [5.74, 6) is 1.03. The third kappa shape index (κ3) is 1.19. The molecule has 5 rings (SSSR count). The number of hydrogen-bond donors (Lipinski definition) is 1. The highest BCUT2D eigenvalue weighted by Crippen LogP contribution is 2.37. The van der Waals surface area contributed by atoms with E-state index in [2.05, 4.69) is 53.5 Å². The highest BCUT2D eigenvalue weighted by molar-refractivity contribution is 6.16. The van der Waals surface area contributed by atoms with Crippen molar-refractivity contribution in [3.63, 3.8) is 0 Å². The van der Waals surface area contributed by atoms with E-state index in [1.54, 1.807) is 0 Å². The van der Waals surface area contributed by atoms with Crippen molar-refractivity contribution < 1.29 is 4.42 Å². The fourth-order valence-electron chi connectivity index (χ4n) is 3.35. The van der Waals surface area contributed by atoms with Gasteiger partial charge < -0.3 is 9.40 Å². The fraction of sp³-hybridized carbons (Fsp3) is 0.111. The Labute approximate surface area is 115 Å². The predicted molar refractivity (Wildman–Crippen MR) is 82.9 cm³/mol. The second-order valence-electron chi connectivity index (χ2n) is 5.42. The molecule has 2 heterocycles. The third-order valence-corrected chi connectivity index (χ3v) is 4.30. The van der Waals surface area contributed by atoms with Gasteiger partial charge in [0, 0.05) is 27.2 Å².